The quantitative estimate of drug-likeness (QED) is 0.628. The number of hydrazine groups is 1. The fourth-order valence-corrected chi connectivity index (χ4v) is 3.51. The van der Waals surface area contributed by atoms with Crippen molar-refractivity contribution in [1.29, 1.82) is 0 Å². The number of rotatable bonds is 2. The molecule has 2 fully saturated rings. The molecule has 2 heterocycles. The minimum atomic E-state index is 0.121. The summed E-state index contributed by atoms with van der Waals surface area (Å²) in [7, 11) is 0. The van der Waals surface area contributed by atoms with E-state index in [-0.39, 0.29) is 5.91 Å². The van der Waals surface area contributed by atoms with E-state index >= 15 is 0 Å². The average molecular weight is 260 g/mol. The van der Waals surface area contributed by atoms with Crippen molar-refractivity contribution >= 4 is 11.7 Å². The molecule has 2 unspecified atom stereocenters. The van der Waals surface area contributed by atoms with E-state index in [1.54, 1.807) is 18.3 Å². The standard InChI is InChI=1S/C14H20N4O/c15-17-13-9-11(6-7-16-13)14(19)18-8-2-4-10-3-1-5-12(10)18/h6-7,9-10,12H,1-5,8,15H2,(H,16,17). The zero-order chi connectivity index (χ0) is 13.2. The number of nitrogen functional groups attached to an aromatic ring is 1. The molecule has 1 saturated heterocycles. The van der Waals surface area contributed by atoms with E-state index in [9.17, 15) is 4.79 Å². The molecule has 102 valence electrons. The lowest BCUT2D eigenvalue weighted by molar-refractivity contribution is 0.0548. The molecule has 1 saturated carbocycles. The molecule has 0 radical (unpaired) electrons. The van der Waals surface area contributed by atoms with Crippen molar-refractivity contribution in [3.8, 4) is 0 Å². The third-order valence-electron chi connectivity index (χ3n) is 4.41. The Balaban J connectivity index is 1.82. The Morgan fingerprint density at radius 1 is 1.37 bits per heavy atom. The highest BCUT2D eigenvalue weighted by Gasteiger charge is 2.37. The normalized spacial score (nSPS) is 26.1. The summed E-state index contributed by atoms with van der Waals surface area (Å²) in [5, 5.41) is 0. The number of fused-ring (bicyclic) bond motifs is 1. The highest BCUT2D eigenvalue weighted by atomic mass is 16.2. The van der Waals surface area contributed by atoms with Crippen LogP contribution in [0.4, 0.5) is 5.82 Å². The second kappa shape index (κ2) is 5.17. The van der Waals surface area contributed by atoms with Gasteiger partial charge in [0.05, 0.1) is 0 Å². The van der Waals surface area contributed by atoms with Gasteiger partial charge in [0.15, 0.2) is 0 Å². The molecular weight excluding hydrogens is 240 g/mol. The van der Waals surface area contributed by atoms with Crippen LogP contribution in [0.25, 0.3) is 0 Å². The van der Waals surface area contributed by atoms with Crippen molar-refractivity contribution in [3.05, 3.63) is 23.9 Å². The predicted octanol–water partition coefficient (Wildman–Crippen LogP) is 1.77. The van der Waals surface area contributed by atoms with Crippen molar-refractivity contribution in [2.75, 3.05) is 12.0 Å². The van der Waals surface area contributed by atoms with Crippen molar-refractivity contribution in [2.24, 2.45) is 11.8 Å². The fourth-order valence-electron chi connectivity index (χ4n) is 3.51. The van der Waals surface area contributed by atoms with Crippen LogP contribution in [0, 0.1) is 5.92 Å². The van der Waals surface area contributed by atoms with Gasteiger partial charge in [-0.25, -0.2) is 10.8 Å². The number of anilines is 1. The maximum absolute atomic E-state index is 12.6. The van der Waals surface area contributed by atoms with Crippen molar-refractivity contribution in [2.45, 2.75) is 38.1 Å². The summed E-state index contributed by atoms with van der Waals surface area (Å²) in [6, 6.07) is 3.94. The van der Waals surface area contributed by atoms with Crippen LogP contribution < -0.4 is 11.3 Å². The fraction of sp³-hybridized carbons (Fsp3) is 0.571. The first-order valence-electron chi connectivity index (χ1n) is 7.03. The van der Waals surface area contributed by atoms with Gasteiger partial charge in [-0.15, -0.1) is 0 Å². The van der Waals surface area contributed by atoms with Gasteiger partial charge in [0.25, 0.3) is 5.91 Å². The molecule has 2 aliphatic rings. The number of pyridine rings is 1. The number of hydrogen-bond donors (Lipinski definition) is 2. The van der Waals surface area contributed by atoms with E-state index in [1.165, 1.54) is 19.3 Å². The zero-order valence-electron chi connectivity index (χ0n) is 11.0. The molecule has 3 rings (SSSR count). The van der Waals surface area contributed by atoms with E-state index in [1.807, 2.05) is 0 Å². The minimum Gasteiger partial charge on any atom is -0.335 e. The van der Waals surface area contributed by atoms with E-state index in [0.717, 1.165) is 19.4 Å². The van der Waals surface area contributed by atoms with Gasteiger partial charge in [-0.05, 0) is 43.7 Å². The molecule has 0 spiro atoms. The van der Waals surface area contributed by atoms with Crippen LogP contribution in [0.5, 0.6) is 0 Å². The number of amides is 1. The number of aromatic nitrogens is 1. The summed E-state index contributed by atoms with van der Waals surface area (Å²) >= 11 is 0. The summed E-state index contributed by atoms with van der Waals surface area (Å²) in [6.45, 7) is 0.883. The average Bonchev–Trinajstić information content (AvgIpc) is 2.95. The van der Waals surface area contributed by atoms with Gasteiger partial charge in [-0.1, -0.05) is 6.42 Å². The summed E-state index contributed by atoms with van der Waals surface area (Å²) in [6.07, 6.45) is 7.72. The summed E-state index contributed by atoms with van der Waals surface area (Å²) in [5.41, 5.74) is 3.17. The summed E-state index contributed by atoms with van der Waals surface area (Å²) in [5.74, 6) is 6.71. The van der Waals surface area contributed by atoms with E-state index in [0.29, 0.717) is 23.3 Å². The number of piperidine rings is 1. The second-order valence-electron chi connectivity index (χ2n) is 5.47. The lowest BCUT2D eigenvalue weighted by Gasteiger charge is -2.37. The van der Waals surface area contributed by atoms with Crippen LogP contribution in [0.2, 0.25) is 0 Å². The summed E-state index contributed by atoms with van der Waals surface area (Å²) in [4.78, 5) is 18.8. The first-order valence-corrected chi connectivity index (χ1v) is 7.03. The van der Waals surface area contributed by atoms with E-state index in [2.05, 4.69) is 15.3 Å². The van der Waals surface area contributed by atoms with Gasteiger partial charge in [0.2, 0.25) is 0 Å². The van der Waals surface area contributed by atoms with E-state index in [4.69, 9.17) is 5.84 Å². The van der Waals surface area contributed by atoms with Crippen LogP contribution in [0.1, 0.15) is 42.5 Å². The molecule has 0 aromatic carbocycles. The molecule has 1 aliphatic heterocycles. The molecule has 5 nitrogen and oxygen atoms in total. The molecular formula is C14H20N4O. The lowest BCUT2D eigenvalue weighted by atomic mass is 9.91. The Hall–Kier alpha value is -1.62. The first-order chi connectivity index (χ1) is 9.29. The molecule has 2 atom stereocenters. The topological polar surface area (TPSA) is 71.2 Å². The monoisotopic (exact) mass is 260 g/mol. The third-order valence-corrected chi connectivity index (χ3v) is 4.41. The van der Waals surface area contributed by atoms with Gasteiger partial charge in [-0.2, -0.15) is 0 Å². The van der Waals surface area contributed by atoms with Crippen molar-refractivity contribution in [1.82, 2.24) is 9.88 Å². The Kier molecular flexibility index (Phi) is 3.38. The van der Waals surface area contributed by atoms with Crippen molar-refractivity contribution in [3.63, 3.8) is 0 Å². The second-order valence-corrected chi connectivity index (χ2v) is 5.47. The SMILES string of the molecule is NNc1cc(C(=O)N2CCCC3CCCC32)ccn1. The van der Waals surface area contributed by atoms with Crippen LogP contribution >= 0.6 is 0 Å². The molecule has 5 heteroatoms. The molecule has 1 aromatic rings. The Morgan fingerprint density at radius 3 is 3.05 bits per heavy atom. The van der Waals surface area contributed by atoms with Crippen molar-refractivity contribution < 1.29 is 4.79 Å². The van der Waals surface area contributed by atoms with Gasteiger partial charge in [0, 0.05) is 24.3 Å². The number of carbonyl (C=O) groups is 1. The first kappa shape index (κ1) is 12.4. The van der Waals surface area contributed by atoms with Crippen LogP contribution in [-0.4, -0.2) is 28.4 Å². The third kappa shape index (κ3) is 2.30. The number of nitrogens with one attached hydrogen (secondary N) is 1. The number of hydrogen-bond acceptors (Lipinski definition) is 4. The molecule has 1 aliphatic carbocycles. The molecule has 19 heavy (non-hydrogen) atoms. The van der Waals surface area contributed by atoms with Gasteiger partial charge in [0.1, 0.15) is 5.82 Å². The predicted molar refractivity (Wildman–Crippen MR) is 73.4 cm³/mol. The molecule has 0 bridgehead atoms. The van der Waals surface area contributed by atoms with Gasteiger partial charge < -0.3 is 10.3 Å². The lowest BCUT2D eigenvalue weighted by Crippen LogP contribution is -2.46. The Morgan fingerprint density at radius 2 is 2.21 bits per heavy atom. The number of carbonyl (C=O) groups excluding carboxylic acids is 1. The Bertz CT molecular complexity index is 476. The minimum absolute atomic E-state index is 0.121. The molecule has 3 N–H and O–H groups in total. The van der Waals surface area contributed by atoms with Crippen LogP contribution in [0.3, 0.4) is 0 Å². The number of nitrogens with zero attached hydrogens (tertiary/aromatic N) is 2. The highest BCUT2D eigenvalue weighted by molar-refractivity contribution is 5.95. The largest absolute Gasteiger partial charge is 0.335 e. The van der Waals surface area contributed by atoms with Gasteiger partial charge >= 0.3 is 0 Å². The van der Waals surface area contributed by atoms with Gasteiger partial charge in [-0.3, -0.25) is 4.79 Å². The zero-order valence-corrected chi connectivity index (χ0v) is 11.0. The number of likely N-dealkylation sites (tertiary alicyclic amines) is 1. The molecule has 1 amide bonds. The Labute approximate surface area is 113 Å². The smallest absolute Gasteiger partial charge is 0.254 e. The van der Waals surface area contributed by atoms with Crippen LogP contribution in [-0.2, 0) is 0 Å². The number of nitrogens with two attached hydrogens (primary N) is 1. The maximum Gasteiger partial charge on any atom is 0.254 e. The summed E-state index contributed by atoms with van der Waals surface area (Å²) < 4.78 is 0. The molecule has 1 aromatic heterocycles. The van der Waals surface area contributed by atoms with E-state index < -0.39 is 0 Å². The highest BCUT2D eigenvalue weighted by Crippen LogP contribution is 2.37. The van der Waals surface area contributed by atoms with Crippen LogP contribution in [0.15, 0.2) is 18.3 Å². The maximum atomic E-state index is 12.6.